The second-order valence-corrected chi connectivity index (χ2v) is 6.01. The molecule has 0 bridgehead atoms. The molecule has 1 saturated heterocycles. The van der Waals surface area contributed by atoms with Gasteiger partial charge in [0, 0.05) is 25.7 Å². The lowest BCUT2D eigenvalue weighted by molar-refractivity contribution is -0.137. The van der Waals surface area contributed by atoms with E-state index in [1.807, 2.05) is 0 Å². The maximum atomic E-state index is 12.2. The third-order valence-corrected chi connectivity index (χ3v) is 4.13. The van der Waals surface area contributed by atoms with E-state index in [0.29, 0.717) is 19.0 Å². The van der Waals surface area contributed by atoms with E-state index >= 15 is 0 Å². The number of hydrogen-bond donors (Lipinski definition) is 2. The van der Waals surface area contributed by atoms with Crippen LogP contribution in [-0.4, -0.2) is 47.6 Å². The standard InChI is InChI=1S/C15H21ClN2O4/c1-2-3-10-8-18(7-6-14(19)20)9-11(10)17-15(21)12-4-5-13(16)22-12/h4-5,10-11H,2-3,6-9H2,1H3,(H,17,21)(H,19,20)/t10-,11-/m0/s1. The van der Waals surface area contributed by atoms with Gasteiger partial charge in [-0.05, 0) is 36.1 Å². The molecular weight excluding hydrogens is 308 g/mol. The molecule has 22 heavy (non-hydrogen) atoms. The predicted octanol–water partition coefficient (Wildman–Crippen LogP) is 2.24. The molecule has 7 heteroatoms. The van der Waals surface area contributed by atoms with Gasteiger partial charge in [-0.25, -0.2) is 0 Å². The molecule has 122 valence electrons. The van der Waals surface area contributed by atoms with E-state index in [4.69, 9.17) is 21.1 Å². The number of likely N-dealkylation sites (tertiary alicyclic amines) is 1. The van der Waals surface area contributed by atoms with E-state index in [2.05, 4.69) is 17.1 Å². The van der Waals surface area contributed by atoms with Crippen LogP contribution in [0.15, 0.2) is 16.5 Å². The third kappa shape index (κ3) is 4.48. The summed E-state index contributed by atoms with van der Waals surface area (Å²) in [7, 11) is 0. The zero-order valence-corrected chi connectivity index (χ0v) is 13.3. The number of nitrogens with zero attached hydrogens (tertiary/aromatic N) is 1. The van der Waals surface area contributed by atoms with E-state index in [-0.39, 0.29) is 29.3 Å². The van der Waals surface area contributed by atoms with Crippen molar-refractivity contribution in [3.63, 3.8) is 0 Å². The quantitative estimate of drug-likeness (QED) is 0.802. The minimum atomic E-state index is -0.801. The molecule has 0 radical (unpaired) electrons. The van der Waals surface area contributed by atoms with Crippen LogP contribution in [0.2, 0.25) is 5.22 Å². The number of aliphatic carboxylic acids is 1. The Morgan fingerprint density at radius 1 is 1.45 bits per heavy atom. The Hall–Kier alpha value is -1.53. The zero-order valence-electron chi connectivity index (χ0n) is 12.5. The molecule has 0 aromatic carbocycles. The second kappa shape index (κ2) is 7.65. The average molecular weight is 329 g/mol. The van der Waals surface area contributed by atoms with Crippen molar-refractivity contribution >= 4 is 23.5 Å². The SMILES string of the molecule is CCC[C@H]1CN(CCC(=O)O)C[C@@H]1NC(=O)c1ccc(Cl)o1. The minimum Gasteiger partial charge on any atom is -0.481 e. The lowest BCUT2D eigenvalue weighted by Gasteiger charge is -2.18. The Balaban J connectivity index is 1.94. The normalized spacial score (nSPS) is 21.9. The van der Waals surface area contributed by atoms with Gasteiger partial charge in [0.15, 0.2) is 11.0 Å². The summed E-state index contributed by atoms with van der Waals surface area (Å²) >= 11 is 5.68. The van der Waals surface area contributed by atoms with Crippen LogP contribution in [0, 0.1) is 5.92 Å². The topological polar surface area (TPSA) is 82.8 Å². The van der Waals surface area contributed by atoms with Crippen LogP contribution >= 0.6 is 11.6 Å². The van der Waals surface area contributed by atoms with Crippen LogP contribution < -0.4 is 5.32 Å². The van der Waals surface area contributed by atoms with Crippen molar-refractivity contribution in [3.05, 3.63) is 23.1 Å². The van der Waals surface area contributed by atoms with Gasteiger partial charge in [-0.2, -0.15) is 0 Å². The summed E-state index contributed by atoms with van der Waals surface area (Å²) in [6.45, 7) is 4.09. The number of carboxylic acid groups (broad SMARTS) is 1. The smallest absolute Gasteiger partial charge is 0.304 e. The molecule has 1 aliphatic heterocycles. The Bertz CT molecular complexity index is 531. The van der Waals surface area contributed by atoms with Gasteiger partial charge in [-0.15, -0.1) is 0 Å². The molecule has 1 aromatic rings. The molecule has 2 N–H and O–H groups in total. The number of halogens is 1. The van der Waals surface area contributed by atoms with Gasteiger partial charge in [0.05, 0.1) is 6.42 Å². The largest absolute Gasteiger partial charge is 0.481 e. The number of carboxylic acids is 1. The predicted molar refractivity (Wildman–Crippen MR) is 82.1 cm³/mol. The van der Waals surface area contributed by atoms with Crippen LogP contribution in [0.1, 0.15) is 36.7 Å². The molecule has 1 fully saturated rings. The van der Waals surface area contributed by atoms with Gasteiger partial charge < -0.3 is 19.7 Å². The molecule has 1 aliphatic rings. The summed E-state index contributed by atoms with van der Waals surface area (Å²) in [6.07, 6.45) is 2.14. The van der Waals surface area contributed by atoms with Crippen molar-refractivity contribution in [1.29, 1.82) is 0 Å². The molecule has 0 saturated carbocycles. The summed E-state index contributed by atoms with van der Waals surface area (Å²) in [5.74, 6) is -0.555. The number of furan rings is 1. The summed E-state index contributed by atoms with van der Waals surface area (Å²) < 4.78 is 5.12. The highest BCUT2D eigenvalue weighted by molar-refractivity contribution is 6.29. The van der Waals surface area contributed by atoms with Gasteiger partial charge in [0.1, 0.15) is 0 Å². The summed E-state index contributed by atoms with van der Waals surface area (Å²) in [5.41, 5.74) is 0. The van der Waals surface area contributed by atoms with Gasteiger partial charge in [0.25, 0.3) is 5.91 Å². The minimum absolute atomic E-state index is 0.00474. The fraction of sp³-hybridized carbons (Fsp3) is 0.600. The van der Waals surface area contributed by atoms with Gasteiger partial charge >= 0.3 is 5.97 Å². The number of carbonyl (C=O) groups is 2. The van der Waals surface area contributed by atoms with Crippen LogP contribution in [0.3, 0.4) is 0 Å². The number of nitrogens with one attached hydrogen (secondary N) is 1. The first kappa shape index (κ1) is 16.8. The first-order chi connectivity index (χ1) is 10.5. The number of rotatable bonds is 7. The van der Waals surface area contributed by atoms with Gasteiger partial charge in [-0.1, -0.05) is 13.3 Å². The van der Waals surface area contributed by atoms with Crippen LogP contribution in [0.25, 0.3) is 0 Å². The molecule has 2 rings (SSSR count). The van der Waals surface area contributed by atoms with Crippen molar-refractivity contribution in [2.75, 3.05) is 19.6 Å². The highest BCUT2D eigenvalue weighted by atomic mass is 35.5. The first-order valence-electron chi connectivity index (χ1n) is 7.50. The summed E-state index contributed by atoms with van der Waals surface area (Å²) in [4.78, 5) is 24.9. The van der Waals surface area contributed by atoms with Crippen molar-refractivity contribution < 1.29 is 19.1 Å². The van der Waals surface area contributed by atoms with Crippen molar-refractivity contribution in [3.8, 4) is 0 Å². The maximum absolute atomic E-state index is 12.2. The first-order valence-corrected chi connectivity index (χ1v) is 7.87. The molecule has 0 unspecified atom stereocenters. The lowest BCUT2D eigenvalue weighted by Crippen LogP contribution is -2.40. The zero-order chi connectivity index (χ0) is 16.1. The monoisotopic (exact) mass is 328 g/mol. The molecule has 0 aliphatic carbocycles. The Kier molecular flexibility index (Phi) is 5.85. The van der Waals surface area contributed by atoms with E-state index in [0.717, 1.165) is 19.4 Å². The molecule has 1 aromatic heterocycles. The Morgan fingerprint density at radius 3 is 2.82 bits per heavy atom. The maximum Gasteiger partial charge on any atom is 0.304 e. The highest BCUT2D eigenvalue weighted by Gasteiger charge is 2.33. The Labute approximate surface area is 134 Å². The van der Waals surface area contributed by atoms with Crippen molar-refractivity contribution in [1.82, 2.24) is 10.2 Å². The van der Waals surface area contributed by atoms with Crippen LogP contribution in [0.5, 0.6) is 0 Å². The van der Waals surface area contributed by atoms with E-state index < -0.39 is 5.97 Å². The van der Waals surface area contributed by atoms with Crippen molar-refractivity contribution in [2.24, 2.45) is 5.92 Å². The van der Waals surface area contributed by atoms with Crippen LogP contribution in [-0.2, 0) is 4.79 Å². The number of amides is 1. The van der Waals surface area contributed by atoms with Crippen LogP contribution in [0.4, 0.5) is 0 Å². The lowest BCUT2D eigenvalue weighted by atomic mass is 9.98. The molecule has 2 heterocycles. The molecule has 2 atom stereocenters. The third-order valence-electron chi connectivity index (χ3n) is 3.93. The van der Waals surface area contributed by atoms with E-state index in [1.165, 1.54) is 6.07 Å². The average Bonchev–Trinajstić information content (AvgIpc) is 3.04. The van der Waals surface area contributed by atoms with Gasteiger partial charge in [-0.3, -0.25) is 9.59 Å². The van der Waals surface area contributed by atoms with E-state index in [9.17, 15) is 9.59 Å². The summed E-state index contributed by atoms with van der Waals surface area (Å²) in [5, 5.41) is 11.9. The van der Waals surface area contributed by atoms with Gasteiger partial charge in [0.2, 0.25) is 0 Å². The van der Waals surface area contributed by atoms with Crippen molar-refractivity contribution in [2.45, 2.75) is 32.2 Å². The molecule has 1 amide bonds. The number of carbonyl (C=O) groups excluding carboxylic acids is 1. The van der Waals surface area contributed by atoms with E-state index in [1.54, 1.807) is 6.07 Å². The molecule has 0 spiro atoms. The molecular formula is C15H21ClN2O4. The second-order valence-electron chi connectivity index (χ2n) is 5.64. The Morgan fingerprint density at radius 2 is 2.23 bits per heavy atom. The fourth-order valence-corrected chi connectivity index (χ4v) is 3.05. The number of hydrogen-bond acceptors (Lipinski definition) is 4. The highest BCUT2D eigenvalue weighted by Crippen LogP contribution is 2.23. The fourth-order valence-electron chi connectivity index (χ4n) is 2.90. The molecule has 6 nitrogen and oxygen atoms in total. The summed E-state index contributed by atoms with van der Waals surface area (Å²) in [6, 6.07) is 3.09.